The monoisotopic (exact) mass is 250 g/mol. The molecule has 1 saturated heterocycles. The molecular weight excluding hydrogens is 228 g/mol. The van der Waals surface area contributed by atoms with Crippen LogP contribution in [-0.2, 0) is 10.2 Å². The molecule has 0 bridgehead atoms. The molecule has 0 unspecified atom stereocenters. The fourth-order valence-corrected chi connectivity index (χ4v) is 2.80. The maximum absolute atomic E-state index is 11.6. The molecule has 6 nitrogen and oxygen atoms in total. The number of rotatable bonds is 5. The molecule has 7 heteroatoms. The molecule has 0 aromatic rings. The van der Waals surface area contributed by atoms with Crippen LogP contribution in [0.5, 0.6) is 0 Å². The van der Waals surface area contributed by atoms with Crippen molar-refractivity contribution < 1.29 is 8.42 Å². The Hall–Kier alpha value is -0.210. The lowest BCUT2D eigenvalue weighted by Gasteiger charge is -2.20. The van der Waals surface area contributed by atoms with E-state index in [4.69, 9.17) is 5.73 Å². The number of nitrogens with zero attached hydrogens (tertiary/aromatic N) is 2. The average molecular weight is 250 g/mol. The summed E-state index contributed by atoms with van der Waals surface area (Å²) in [7, 11) is -1.81. The summed E-state index contributed by atoms with van der Waals surface area (Å²) in [4.78, 5) is 2.28. The van der Waals surface area contributed by atoms with Gasteiger partial charge in [-0.3, -0.25) is 0 Å². The normalized spacial score (nSPS) is 20.9. The van der Waals surface area contributed by atoms with E-state index in [2.05, 4.69) is 9.62 Å². The molecule has 1 aliphatic rings. The van der Waals surface area contributed by atoms with Gasteiger partial charge in [-0.2, -0.15) is 12.7 Å². The van der Waals surface area contributed by atoms with E-state index in [1.807, 2.05) is 0 Å². The summed E-state index contributed by atoms with van der Waals surface area (Å²) in [5.74, 6) is 0. The summed E-state index contributed by atoms with van der Waals surface area (Å²) in [6, 6.07) is 0. The fourth-order valence-electron chi connectivity index (χ4n) is 1.86. The first-order chi connectivity index (χ1) is 7.60. The zero-order chi connectivity index (χ0) is 12.0. The minimum atomic E-state index is -3.26. The molecule has 0 atom stereocenters. The van der Waals surface area contributed by atoms with Gasteiger partial charge in [-0.25, -0.2) is 4.72 Å². The van der Waals surface area contributed by atoms with Crippen LogP contribution in [0.4, 0.5) is 0 Å². The zero-order valence-electron chi connectivity index (χ0n) is 9.85. The predicted octanol–water partition coefficient (Wildman–Crippen LogP) is -1.19. The second-order valence-electron chi connectivity index (χ2n) is 3.95. The molecular formula is C9H22N4O2S. The SMILES string of the molecule is CNS(=O)(=O)N1CCCN(CCCN)CC1. The van der Waals surface area contributed by atoms with Gasteiger partial charge in [0.15, 0.2) is 0 Å². The second kappa shape index (κ2) is 6.51. The number of nitrogens with two attached hydrogens (primary N) is 1. The fraction of sp³-hybridized carbons (Fsp3) is 1.00. The molecule has 96 valence electrons. The lowest BCUT2D eigenvalue weighted by Crippen LogP contribution is -2.41. The van der Waals surface area contributed by atoms with Crippen LogP contribution in [0.15, 0.2) is 0 Å². The Balaban J connectivity index is 2.46. The minimum Gasteiger partial charge on any atom is -0.330 e. The minimum absolute atomic E-state index is 0.563. The highest BCUT2D eigenvalue weighted by Gasteiger charge is 2.23. The lowest BCUT2D eigenvalue weighted by atomic mass is 10.3. The first kappa shape index (κ1) is 13.9. The Bertz CT molecular complexity index is 294. The standard InChI is InChI=1S/C9H22N4O2S/c1-11-16(14,15)13-7-3-6-12(8-9-13)5-2-4-10/h11H,2-10H2,1H3. The van der Waals surface area contributed by atoms with Gasteiger partial charge in [-0.1, -0.05) is 0 Å². The maximum Gasteiger partial charge on any atom is 0.279 e. The Morgan fingerprint density at radius 1 is 1.25 bits per heavy atom. The number of nitrogens with one attached hydrogen (secondary N) is 1. The van der Waals surface area contributed by atoms with Crippen molar-refractivity contribution in [2.75, 3.05) is 46.3 Å². The smallest absolute Gasteiger partial charge is 0.279 e. The van der Waals surface area contributed by atoms with Crippen molar-refractivity contribution in [3.8, 4) is 0 Å². The van der Waals surface area contributed by atoms with Crippen molar-refractivity contribution in [2.45, 2.75) is 12.8 Å². The molecule has 0 aliphatic carbocycles. The Morgan fingerprint density at radius 2 is 2.00 bits per heavy atom. The Labute approximate surface area is 98.0 Å². The van der Waals surface area contributed by atoms with Crippen LogP contribution < -0.4 is 10.5 Å². The van der Waals surface area contributed by atoms with E-state index in [-0.39, 0.29) is 0 Å². The van der Waals surface area contributed by atoms with Gasteiger partial charge in [0.1, 0.15) is 0 Å². The molecule has 1 rings (SSSR count). The summed E-state index contributed by atoms with van der Waals surface area (Å²) in [5.41, 5.74) is 5.46. The van der Waals surface area contributed by atoms with E-state index < -0.39 is 10.2 Å². The third kappa shape index (κ3) is 3.99. The van der Waals surface area contributed by atoms with E-state index in [9.17, 15) is 8.42 Å². The summed E-state index contributed by atoms with van der Waals surface area (Å²) >= 11 is 0. The van der Waals surface area contributed by atoms with Crippen LogP contribution in [0.2, 0.25) is 0 Å². The van der Waals surface area contributed by atoms with E-state index in [1.54, 1.807) is 0 Å². The van der Waals surface area contributed by atoms with Gasteiger partial charge in [0, 0.05) is 26.7 Å². The van der Waals surface area contributed by atoms with Crippen LogP contribution in [0, 0.1) is 0 Å². The quantitative estimate of drug-likeness (QED) is 0.643. The van der Waals surface area contributed by atoms with E-state index >= 15 is 0 Å². The number of hydrogen-bond donors (Lipinski definition) is 2. The summed E-state index contributed by atoms with van der Waals surface area (Å²) in [5, 5.41) is 0. The van der Waals surface area contributed by atoms with Crippen molar-refractivity contribution >= 4 is 10.2 Å². The highest BCUT2D eigenvalue weighted by atomic mass is 32.2. The lowest BCUT2D eigenvalue weighted by molar-refractivity contribution is 0.284. The first-order valence-corrected chi connectivity index (χ1v) is 7.15. The van der Waals surface area contributed by atoms with Gasteiger partial charge < -0.3 is 10.6 Å². The predicted molar refractivity (Wildman–Crippen MR) is 64.3 cm³/mol. The van der Waals surface area contributed by atoms with Crippen LogP contribution in [0.3, 0.4) is 0 Å². The third-order valence-corrected chi connectivity index (χ3v) is 4.38. The third-order valence-electron chi connectivity index (χ3n) is 2.82. The van der Waals surface area contributed by atoms with Crippen molar-refractivity contribution in [3.63, 3.8) is 0 Å². The van der Waals surface area contributed by atoms with Crippen LogP contribution >= 0.6 is 0 Å². The highest BCUT2D eigenvalue weighted by molar-refractivity contribution is 7.87. The van der Waals surface area contributed by atoms with Crippen molar-refractivity contribution in [3.05, 3.63) is 0 Å². The van der Waals surface area contributed by atoms with E-state index in [0.717, 1.165) is 32.5 Å². The van der Waals surface area contributed by atoms with Crippen molar-refractivity contribution in [1.82, 2.24) is 13.9 Å². The molecule has 0 amide bonds. The number of hydrogen-bond acceptors (Lipinski definition) is 4. The van der Waals surface area contributed by atoms with E-state index in [1.165, 1.54) is 11.4 Å². The first-order valence-electron chi connectivity index (χ1n) is 5.71. The highest BCUT2D eigenvalue weighted by Crippen LogP contribution is 2.06. The van der Waals surface area contributed by atoms with E-state index in [0.29, 0.717) is 19.6 Å². The molecule has 1 aliphatic heterocycles. The van der Waals surface area contributed by atoms with Gasteiger partial charge in [-0.05, 0) is 32.5 Å². The largest absolute Gasteiger partial charge is 0.330 e. The zero-order valence-corrected chi connectivity index (χ0v) is 10.7. The van der Waals surface area contributed by atoms with Crippen molar-refractivity contribution in [2.24, 2.45) is 5.73 Å². The Morgan fingerprint density at radius 3 is 2.62 bits per heavy atom. The van der Waals surface area contributed by atoms with Crippen molar-refractivity contribution in [1.29, 1.82) is 0 Å². The van der Waals surface area contributed by atoms with Gasteiger partial charge in [0.05, 0.1) is 0 Å². The molecule has 0 aromatic heterocycles. The molecule has 1 fully saturated rings. The molecule has 0 spiro atoms. The van der Waals surface area contributed by atoms with Gasteiger partial charge in [0.25, 0.3) is 10.2 Å². The van der Waals surface area contributed by atoms with Gasteiger partial charge in [-0.15, -0.1) is 0 Å². The molecule has 16 heavy (non-hydrogen) atoms. The summed E-state index contributed by atoms with van der Waals surface area (Å²) < 4.78 is 27.1. The van der Waals surface area contributed by atoms with Crippen LogP contribution in [0.1, 0.15) is 12.8 Å². The van der Waals surface area contributed by atoms with Crippen LogP contribution in [-0.4, -0.2) is 63.9 Å². The molecule has 0 radical (unpaired) electrons. The molecule has 3 N–H and O–H groups in total. The second-order valence-corrected chi connectivity index (χ2v) is 5.82. The van der Waals surface area contributed by atoms with Gasteiger partial charge >= 0.3 is 0 Å². The van der Waals surface area contributed by atoms with Gasteiger partial charge in [0.2, 0.25) is 0 Å². The maximum atomic E-state index is 11.6. The topological polar surface area (TPSA) is 78.7 Å². The average Bonchev–Trinajstić information content (AvgIpc) is 2.52. The summed E-state index contributed by atoms with van der Waals surface area (Å²) in [6.07, 6.45) is 1.85. The summed E-state index contributed by atoms with van der Waals surface area (Å²) in [6.45, 7) is 4.56. The molecule has 0 saturated carbocycles. The molecule has 1 heterocycles. The van der Waals surface area contributed by atoms with Crippen LogP contribution in [0.25, 0.3) is 0 Å². The molecule has 0 aromatic carbocycles. The Kier molecular flexibility index (Phi) is 5.63.